The van der Waals surface area contributed by atoms with E-state index in [4.69, 9.17) is 0 Å². The van der Waals surface area contributed by atoms with Gasteiger partial charge in [0.15, 0.2) is 5.82 Å². The highest BCUT2D eigenvalue weighted by Gasteiger charge is 2.21. The predicted octanol–water partition coefficient (Wildman–Crippen LogP) is 4.59. The van der Waals surface area contributed by atoms with Crippen LogP contribution in [0.3, 0.4) is 0 Å². The Morgan fingerprint density at radius 1 is 1.08 bits per heavy atom. The van der Waals surface area contributed by atoms with E-state index in [0.29, 0.717) is 33.7 Å². The summed E-state index contributed by atoms with van der Waals surface area (Å²) < 4.78 is 7.03. The van der Waals surface area contributed by atoms with Crippen molar-refractivity contribution < 1.29 is 14.1 Å². The Kier molecular flexibility index (Phi) is 6.64. The van der Waals surface area contributed by atoms with Gasteiger partial charge in [0.05, 0.1) is 34.9 Å². The molecular weight excluding hydrogens is 552 g/mol. The highest BCUT2D eigenvalue weighted by molar-refractivity contribution is 9.10. The number of carbonyl (C=O) groups excluding carboxylic acids is 2. The topological polar surface area (TPSA) is 146 Å². The van der Waals surface area contributed by atoms with Crippen molar-refractivity contribution in [3.8, 4) is 17.5 Å². The number of fused-ring (bicyclic) bond motifs is 1. The third-order valence-corrected chi connectivity index (χ3v) is 6.64. The molecule has 3 N–H and O–H groups in total. The van der Waals surface area contributed by atoms with Gasteiger partial charge in [-0.2, -0.15) is 5.26 Å². The van der Waals surface area contributed by atoms with Gasteiger partial charge in [0.25, 0.3) is 5.91 Å². The summed E-state index contributed by atoms with van der Waals surface area (Å²) in [5.74, 6) is -1.32. The van der Waals surface area contributed by atoms with Gasteiger partial charge in [-0.05, 0) is 42.0 Å². The Labute approximate surface area is 224 Å². The van der Waals surface area contributed by atoms with Crippen molar-refractivity contribution in [1.29, 1.82) is 5.26 Å². The molecule has 0 aliphatic heterocycles. The Morgan fingerprint density at radius 3 is 2.55 bits per heavy atom. The Balaban J connectivity index is 1.48. The van der Waals surface area contributed by atoms with E-state index >= 15 is 0 Å². The van der Waals surface area contributed by atoms with Gasteiger partial charge in [-0.25, -0.2) is 4.79 Å². The highest BCUT2D eigenvalue weighted by Crippen LogP contribution is 2.34. The summed E-state index contributed by atoms with van der Waals surface area (Å²) >= 11 is 3.53. The molecule has 188 valence electrons. The van der Waals surface area contributed by atoms with Crippen molar-refractivity contribution in [3.05, 3.63) is 98.6 Å². The molecular formula is C27H19BrN6O4. The summed E-state index contributed by atoms with van der Waals surface area (Å²) in [5, 5.41) is 19.5. The normalized spacial score (nSPS) is 10.8. The van der Waals surface area contributed by atoms with Gasteiger partial charge in [-0.15, -0.1) is 0 Å². The number of nitriles is 1. The minimum Gasteiger partial charge on any atom is -0.338 e. The number of amides is 2. The van der Waals surface area contributed by atoms with Crippen molar-refractivity contribution in [1.82, 2.24) is 14.7 Å². The Hall–Kier alpha value is -4.95. The molecule has 0 spiro atoms. The van der Waals surface area contributed by atoms with E-state index in [9.17, 15) is 19.6 Å². The number of rotatable bonds is 6. The lowest BCUT2D eigenvalue weighted by molar-refractivity contribution is -0.115. The maximum absolute atomic E-state index is 13.4. The standard InChI is InChI=1S/C27H19BrN6O4/c1-34-22(26(36)31-20-9-7-16(14-29)11-18(20)25-32-27(37)38-33-25)13-17-19(28)8-10-21(24(17)34)30-23(35)12-15-5-3-2-4-6-15/h2-11,13H,12H2,1H3,(H,30,35)(H,31,36)(H,32,33,37). The number of H-pyrrole nitrogens is 1. The number of carbonyl (C=O) groups is 2. The molecule has 5 aromatic rings. The van der Waals surface area contributed by atoms with Crippen LogP contribution in [0.15, 0.2) is 80.5 Å². The zero-order valence-electron chi connectivity index (χ0n) is 19.9. The van der Waals surface area contributed by atoms with Crippen LogP contribution in [0.2, 0.25) is 0 Å². The molecule has 0 radical (unpaired) electrons. The van der Waals surface area contributed by atoms with Gasteiger partial charge in [0.1, 0.15) is 5.69 Å². The summed E-state index contributed by atoms with van der Waals surface area (Å²) in [5.41, 5.74) is 3.37. The van der Waals surface area contributed by atoms with Crippen molar-refractivity contribution in [2.45, 2.75) is 6.42 Å². The molecule has 0 bridgehead atoms. The Bertz CT molecular complexity index is 1800. The first-order chi connectivity index (χ1) is 18.3. The van der Waals surface area contributed by atoms with Crippen LogP contribution in [0.4, 0.5) is 11.4 Å². The van der Waals surface area contributed by atoms with Gasteiger partial charge in [0.2, 0.25) is 5.91 Å². The second-order valence-corrected chi connectivity index (χ2v) is 9.28. The van der Waals surface area contributed by atoms with E-state index < -0.39 is 11.7 Å². The lowest BCUT2D eigenvalue weighted by Crippen LogP contribution is -2.17. The SMILES string of the molecule is Cn1c(C(=O)Nc2ccc(C#N)cc2-c2noc(=O)[nH]2)cc2c(Br)ccc(NC(=O)Cc3ccccc3)c21. The first kappa shape index (κ1) is 24.7. The summed E-state index contributed by atoms with van der Waals surface area (Å²) in [6.45, 7) is 0. The molecule has 0 saturated carbocycles. The van der Waals surface area contributed by atoms with Gasteiger partial charge >= 0.3 is 5.76 Å². The second-order valence-electron chi connectivity index (χ2n) is 8.43. The highest BCUT2D eigenvalue weighted by atomic mass is 79.9. The fourth-order valence-corrected chi connectivity index (χ4v) is 4.62. The second kappa shape index (κ2) is 10.2. The van der Waals surface area contributed by atoms with Gasteiger partial charge in [-0.3, -0.25) is 19.1 Å². The van der Waals surface area contributed by atoms with Gasteiger partial charge in [0, 0.05) is 22.5 Å². The van der Waals surface area contributed by atoms with Gasteiger partial charge in [-0.1, -0.05) is 51.4 Å². The van der Waals surface area contributed by atoms with E-state index in [1.807, 2.05) is 42.5 Å². The summed E-state index contributed by atoms with van der Waals surface area (Å²) in [4.78, 5) is 40.1. The Morgan fingerprint density at radius 2 is 1.84 bits per heavy atom. The smallest absolute Gasteiger partial charge is 0.338 e. The zero-order chi connectivity index (χ0) is 26.8. The minimum absolute atomic E-state index is 0.0746. The number of hydrogen-bond acceptors (Lipinski definition) is 6. The monoisotopic (exact) mass is 570 g/mol. The molecule has 0 unspecified atom stereocenters. The summed E-state index contributed by atoms with van der Waals surface area (Å²) in [6, 6.07) is 21.3. The van der Waals surface area contributed by atoms with Crippen LogP contribution in [-0.2, 0) is 18.3 Å². The van der Waals surface area contributed by atoms with E-state index in [-0.39, 0.29) is 18.2 Å². The maximum Gasteiger partial charge on any atom is 0.439 e. The predicted molar refractivity (Wildman–Crippen MR) is 145 cm³/mol. The summed E-state index contributed by atoms with van der Waals surface area (Å²) in [7, 11) is 1.73. The van der Waals surface area contributed by atoms with Crippen molar-refractivity contribution >= 4 is 50.0 Å². The number of hydrogen-bond donors (Lipinski definition) is 3. The number of nitrogens with one attached hydrogen (secondary N) is 3. The molecule has 0 aliphatic rings. The first-order valence-electron chi connectivity index (χ1n) is 11.4. The largest absolute Gasteiger partial charge is 0.439 e. The summed E-state index contributed by atoms with van der Waals surface area (Å²) in [6.07, 6.45) is 0.210. The van der Waals surface area contributed by atoms with E-state index in [1.165, 1.54) is 12.1 Å². The maximum atomic E-state index is 13.4. The average molecular weight is 571 g/mol. The number of aryl methyl sites for hydroxylation is 1. The molecule has 0 saturated heterocycles. The number of anilines is 2. The van der Waals surface area contributed by atoms with Crippen LogP contribution in [0, 0.1) is 11.3 Å². The van der Waals surface area contributed by atoms with E-state index in [0.717, 1.165) is 15.4 Å². The molecule has 0 fully saturated rings. The fourth-order valence-electron chi connectivity index (χ4n) is 4.18. The number of aromatic amines is 1. The van der Waals surface area contributed by atoms with Crippen molar-refractivity contribution in [2.75, 3.05) is 10.6 Å². The number of nitrogens with zero attached hydrogens (tertiary/aromatic N) is 3. The quantitative estimate of drug-likeness (QED) is 0.272. The lowest BCUT2D eigenvalue weighted by atomic mass is 10.1. The first-order valence-corrected chi connectivity index (χ1v) is 12.2. The third kappa shape index (κ3) is 4.85. The third-order valence-electron chi connectivity index (χ3n) is 5.95. The minimum atomic E-state index is -0.764. The van der Waals surface area contributed by atoms with Crippen LogP contribution in [-0.4, -0.2) is 26.5 Å². The fraction of sp³-hybridized carbons (Fsp3) is 0.0741. The molecule has 2 aromatic heterocycles. The molecule has 0 aliphatic carbocycles. The van der Waals surface area contributed by atoms with Crippen LogP contribution in [0.25, 0.3) is 22.3 Å². The number of benzene rings is 3. The lowest BCUT2D eigenvalue weighted by Gasteiger charge is -2.12. The van der Waals surface area contributed by atoms with Crippen LogP contribution in [0.1, 0.15) is 21.6 Å². The zero-order valence-corrected chi connectivity index (χ0v) is 21.5. The molecule has 0 atom stereocenters. The van der Waals surface area contributed by atoms with E-state index in [2.05, 4.69) is 41.2 Å². The molecule has 38 heavy (non-hydrogen) atoms. The van der Waals surface area contributed by atoms with Crippen molar-refractivity contribution in [3.63, 3.8) is 0 Å². The van der Waals surface area contributed by atoms with Crippen LogP contribution >= 0.6 is 15.9 Å². The molecule has 2 amide bonds. The van der Waals surface area contributed by atoms with Gasteiger partial charge < -0.3 is 15.2 Å². The average Bonchev–Trinajstić information content (AvgIpc) is 3.50. The van der Waals surface area contributed by atoms with Crippen LogP contribution < -0.4 is 16.4 Å². The molecule has 10 nitrogen and oxygen atoms in total. The van der Waals surface area contributed by atoms with Crippen molar-refractivity contribution in [2.24, 2.45) is 7.05 Å². The number of halogens is 1. The number of aromatic nitrogens is 3. The molecule has 2 heterocycles. The molecule has 5 rings (SSSR count). The molecule has 3 aromatic carbocycles. The molecule has 11 heteroatoms. The van der Waals surface area contributed by atoms with Crippen LogP contribution in [0.5, 0.6) is 0 Å². The van der Waals surface area contributed by atoms with E-state index in [1.54, 1.807) is 29.8 Å².